The van der Waals surface area contributed by atoms with Crippen molar-refractivity contribution in [2.24, 2.45) is 0 Å². The maximum Gasteiger partial charge on any atom is 0.254 e. The van der Waals surface area contributed by atoms with E-state index in [2.05, 4.69) is 9.97 Å². The van der Waals surface area contributed by atoms with Gasteiger partial charge in [-0.05, 0) is 42.5 Å². The summed E-state index contributed by atoms with van der Waals surface area (Å²) in [6.07, 6.45) is 6.85. The van der Waals surface area contributed by atoms with Crippen molar-refractivity contribution < 1.29 is 9.18 Å². The van der Waals surface area contributed by atoms with Gasteiger partial charge in [0.25, 0.3) is 5.91 Å². The summed E-state index contributed by atoms with van der Waals surface area (Å²) >= 11 is 1.51. The molecule has 1 aromatic carbocycles. The SMILES string of the molecule is O=C(c1ccsc1)N1CCC[C@@H](c2nc(-c3cccnc3)ncc2-c2ccccc2F)C1. The number of hydrogen-bond donors (Lipinski definition) is 0. The molecule has 7 heteroatoms. The van der Waals surface area contributed by atoms with Crippen LogP contribution < -0.4 is 0 Å². The number of aromatic nitrogens is 3. The van der Waals surface area contributed by atoms with Crippen LogP contribution in [0.1, 0.15) is 34.8 Å². The Bertz CT molecular complexity index is 1230. The fraction of sp³-hybridized carbons (Fsp3) is 0.200. The van der Waals surface area contributed by atoms with Crippen LogP contribution in [0.5, 0.6) is 0 Å². The van der Waals surface area contributed by atoms with Gasteiger partial charge in [0.2, 0.25) is 0 Å². The highest BCUT2D eigenvalue weighted by Crippen LogP contribution is 2.35. The predicted octanol–water partition coefficient (Wildman–Crippen LogP) is 5.43. The number of piperidine rings is 1. The minimum Gasteiger partial charge on any atom is -0.338 e. The lowest BCUT2D eigenvalue weighted by Gasteiger charge is -2.33. The van der Waals surface area contributed by atoms with E-state index in [9.17, 15) is 9.18 Å². The van der Waals surface area contributed by atoms with Crippen LogP contribution in [0.2, 0.25) is 0 Å². The summed E-state index contributed by atoms with van der Waals surface area (Å²) in [5.41, 5.74) is 3.43. The van der Waals surface area contributed by atoms with Crippen LogP contribution in [0.4, 0.5) is 4.39 Å². The van der Waals surface area contributed by atoms with Crippen LogP contribution in [-0.2, 0) is 0 Å². The maximum absolute atomic E-state index is 14.7. The first-order chi connectivity index (χ1) is 15.7. The Morgan fingerprint density at radius 3 is 2.78 bits per heavy atom. The van der Waals surface area contributed by atoms with Crippen molar-refractivity contribution in [2.45, 2.75) is 18.8 Å². The molecule has 1 fully saturated rings. The monoisotopic (exact) mass is 444 g/mol. The Kier molecular flexibility index (Phi) is 5.73. The molecule has 0 bridgehead atoms. The molecule has 160 valence electrons. The van der Waals surface area contributed by atoms with Gasteiger partial charge in [0.1, 0.15) is 5.82 Å². The molecular weight excluding hydrogens is 423 g/mol. The summed E-state index contributed by atoms with van der Waals surface area (Å²) in [5.74, 6) is 0.257. The molecule has 5 rings (SSSR count). The average Bonchev–Trinajstić information content (AvgIpc) is 3.39. The number of hydrogen-bond acceptors (Lipinski definition) is 5. The molecule has 1 aliphatic heterocycles. The lowest BCUT2D eigenvalue weighted by atomic mass is 9.89. The molecule has 3 aromatic heterocycles. The highest BCUT2D eigenvalue weighted by atomic mass is 32.1. The summed E-state index contributed by atoms with van der Waals surface area (Å²) < 4.78 is 14.7. The van der Waals surface area contributed by atoms with E-state index in [0.29, 0.717) is 35.6 Å². The Balaban J connectivity index is 1.56. The first-order valence-electron chi connectivity index (χ1n) is 10.5. The molecule has 1 saturated heterocycles. The van der Waals surface area contributed by atoms with Gasteiger partial charge in [-0.15, -0.1) is 0 Å². The van der Waals surface area contributed by atoms with Crippen LogP contribution >= 0.6 is 11.3 Å². The minimum absolute atomic E-state index is 0.0145. The van der Waals surface area contributed by atoms with Gasteiger partial charge in [-0.25, -0.2) is 14.4 Å². The van der Waals surface area contributed by atoms with E-state index in [0.717, 1.165) is 24.1 Å². The van der Waals surface area contributed by atoms with Crippen LogP contribution in [-0.4, -0.2) is 38.8 Å². The van der Waals surface area contributed by atoms with Crippen LogP contribution in [0.3, 0.4) is 0 Å². The molecule has 0 unspecified atom stereocenters. The first kappa shape index (κ1) is 20.5. The number of rotatable bonds is 4. The largest absolute Gasteiger partial charge is 0.338 e. The average molecular weight is 445 g/mol. The molecular formula is C25H21FN4OS. The van der Waals surface area contributed by atoms with E-state index in [1.165, 1.54) is 17.4 Å². The summed E-state index contributed by atoms with van der Waals surface area (Å²) in [6.45, 7) is 1.25. The van der Waals surface area contributed by atoms with Gasteiger partial charge in [-0.1, -0.05) is 18.2 Å². The molecule has 0 radical (unpaired) electrons. The van der Waals surface area contributed by atoms with Gasteiger partial charge >= 0.3 is 0 Å². The minimum atomic E-state index is -0.312. The van der Waals surface area contributed by atoms with Crippen LogP contribution in [0, 0.1) is 5.82 Å². The van der Waals surface area contributed by atoms with Crippen LogP contribution in [0.15, 0.2) is 71.8 Å². The number of carbonyl (C=O) groups is 1. The Morgan fingerprint density at radius 2 is 2.00 bits per heavy atom. The molecule has 1 atom stereocenters. The zero-order valence-electron chi connectivity index (χ0n) is 17.3. The van der Waals surface area contributed by atoms with Crippen molar-refractivity contribution in [3.05, 3.63) is 88.9 Å². The van der Waals surface area contributed by atoms with E-state index >= 15 is 0 Å². The first-order valence-corrected chi connectivity index (χ1v) is 11.5. The molecule has 4 heterocycles. The number of likely N-dealkylation sites (tertiary alicyclic amines) is 1. The van der Waals surface area contributed by atoms with Gasteiger partial charge < -0.3 is 4.90 Å². The van der Waals surface area contributed by atoms with Gasteiger partial charge in [0.05, 0.1) is 11.3 Å². The Labute approximate surface area is 189 Å². The van der Waals surface area contributed by atoms with E-state index in [4.69, 9.17) is 4.98 Å². The highest BCUT2D eigenvalue weighted by molar-refractivity contribution is 7.08. The smallest absolute Gasteiger partial charge is 0.254 e. The molecule has 0 saturated carbocycles. The Hall–Kier alpha value is -3.45. The number of benzene rings is 1. The molecule has 5 nitrogen and oxygen atoms in total. The highest BCUT2D eigenvalue weighted by Gasteiger charge is 2.29. The summed E-state index contributed by atoms with van der Waals surface area (Å²) in [7, 11) is 0. The second-order valence-electron chi connectivity index (χ2n) is 7.82. The van der Waals surface area contributed by atoms with Crippen molar-refractivity contribution >= 4 is 17.2 Å². The van der Waals surface area contributed by atoms with Gasteiger partial charge in [0.15, 0.2) is 5.82 Å². The van der Waals surface area contributed by atoms with Gasteiger partial charge in [-0.3, -0.25) is 9.78 Å². The third-order valence-electron chi connectivity index (χ3n) is 5.77. The van der Waals surface area contributed by atoms with Crippen molar-refractivity contribution in [1.82, 2.24) is 19.9 Å². The van der Waals surface area contributed by atoms with E-state index < -0.39 is 0 Å². The summed E-state index contributed by atoms with van der Waals surface area (Å²) in [5, 5.41) is 3.79. The quantitative estimate of drug-likeness (QED) is 0.421. The van der Waals surface area contributed by atoms with Crippen molar-refractivity contribution in [1.29, 1.82) is 0 Å². The Morgan fingerprint density at radius 1 is 1.09 bits per heavy atom. The second-order valence-corrected chi connectivity index (χ2v) is 8.60. The number of nitrogens with zero attached hydrogens (tertiary/aromatic N) is 4. The van der Waals surface area contributed by atoms with Crippen molar-refractivity contribution in [3.8, 4) is 22.5 Å². The van der Waals surface area contributed by atoms with Crippen molar-refractivity contribution in [3.63, 3.8) is 0 Å². The van der Waals surface area contributed by atoms with E-state index in [-0.39, 0.29) is 17.6 Å². The van der Waals surface area contributed by atoms with Gasteiger partial charge in [-0.2, -0.15) is 11.3 Å². The van der Waals surface area contributed by atoms with Crippen LogP contribution in [0.25, 0.3) is 22.5 Å². The number of halogens is 1. The zero-order chi connectivity index (χ0) is 21.9. The molecule has 32 heavy (non-hydrogen) atoms. The molecule has 4 aromatic rings. The van der Waals surface area contributed by atoms with Gasteiger partial charge in [0, 0.05) is 59.7 Å². The third kappa shape index (κ3) is 4.03. The van der Waals surface area contributed by atoms with E-state index in [1.807, 2.05) is 39.9 Å². The molecule has 0 N–H and O–H groups in total. The predicted molar refractivity (Wildman–Crippen MR) is 123 cm³/mol. The normalized spacial score (nSPS) is 16.2. The standard InChI is InChI=1S/C25H21FN4OS/c26-22-8-2-1-7-20(22)21-14-28-24(17-5-3-10-27-13-17)29-23(21)18-6-4-11-30(15-18)25(31)19-9-12-32-16-19/h1-3,5,7-10,12-14,16,18H,4,6,11,15H2/t18-/m1/s1. The number of pyridine rings is 1. The number of thiophene rings is 1. The van der Waals surface area contributed by atoms with E-state index in [1.54, 1.807) is 30.7 Å². The summed E-state index contributed by atoms with van der Waals surface area (Å²) in [6, 6.07) is 12.3. The number of amides is 1. The van der Waals surface area contributed by atoms with Crippen molar-refractivity contribution in [2.75, 3.05) is 13.1 Å². The lowest BCUT2D eigenvalue weighted by Crippen LogP contribution is -2.39. The fourth-order valence-corrected chi connectivity index (χ4v) is 4.81. The molecule has 1 amide bonds. The third-order valence-corrected chi connectivity index (χ3v) is 6.45. The zero-order valence-corrected chi connectivity index (χ0v) is 18.1. The summed E-state index contributed by atoms with van der Waals surface area (Å²) in [4.78, 5) is 28.4. The molecule has 1 aliphatic rings. The second kappa shape index (κ2) is 8.96. The molecule has 0 spiro atoms. The lowest BCUT2D eigenvalue weighted by molar-refractivity contribution is 0.0706. The fourth-order valence-electron chi connectivity index (χ4n) is 4.18. The maximum atomic E-state index is 14.7. The molecule has 0 aliphatic carbocycles. The number of carbonyl (C=O) groups excluding carboxylic acids is 1. The topological polar surface area (TPSA) is 59.0 Å².